The molecule has 0 heterocycles. The summed E-state index contributed by atoms with van der Waals surface area (Å²) in [7, 11) is 0. The molecule has 1 aromatic carbocycles. The summed E-state index contributed by atoms with van der Waals surface area (Å²) in [6.45, 7) is 12.7. The molecule has 114 valence electrons. The van der Waals surface area contributed by atoms with E-state index in [1.807, 2.05) is 30.3 Å². The predicted molar refractivity (Wildman–Crippen MR) is 84.8 cm³/mol. The maximum Gasteiger partial charge on any atom is 0.213 e. The average Bonchev–Trinajstić information content (AvgIpc) is 2.39. The van der Waals surface area contributed by atoms with Crippen LogP contribution in [0.4, 0.5) is 0 Å². The highest BCUT2D eigenvalue weighted by atomic mass is 16.6. The Morgan fingerprint density at radius 2 is 1.50 bits per heavy atom. The normalized spacial score (nSPS) is 15.8. The Hall–Kier alpha value is -1.02. The van der Waals surface area contributed by atoms with Gasteiger partial charge in [0.25, 0.3) is 0 Å². The van der Waals surface area contributed by atoms with Gasteiger partial charge in [0.15, 0.2) is 0 Å². The lowest BCUT2D eigenvalue weighted by Gasteiger charge is -2.45. The van der Waals surface area contributed by atoms with Crippen LogP contribution in [-0.2, 0) is 0 Å². The summed E-state index contributed by atoms with van der Waals surface area (Å²) in [6.07, 6.45) is 2.48. The van der Waals surface area contributed by atoms with Crippen LogP contribution < -0.4 is 4.74 Å². The maximum absolute atomic E-state index is 11.2. The zero-order valence-corrected chi connectivity index (χ0v) is 13.9. The molecule has 0 fully saturated rings. The van der Waals surface area contributed by atoms with Gasteiger partial charge in [-0.15, -0.1) is 0 Å². The lowest BCUT2D eigenvalue weighted by Crippen LogP contribution is -2.52. The van der Waals surface area contributed by atoms with Crippen molar-refractivity contribution in [2.75, 3.05) is 0 Å². The first-order valence-electron chi connectivity index (χ1n) is 7.62. The Morgan fingerprint density at radius 3 is 1.95 bits per heavy atom. The highest BCUT2D eigenvalue weighted by molar-refractivity contribution is 5.22. The molecule has 0 saturated carbocycles. The maximum atomic E-state index is 11.2. The third-order valence-corrected chi connectivity index (χ3v) is 4.65. The van der Waals surface area contributed by atoms with Crippen LogP contribution in [0.5, 0.6) is 5.75 Å². The summed E-state index contributed by atoms with van der Waals surface area (Å²) in [6, 6.07) is 9.61. The first-order chi connectivity index (χ1) is 9.16. The minimum Gasteiger partial charge on any atom is -0.462 e. The molecule has 0 aromatic heterocycles. The molecule has 1 unspecified atom stereocenters. The van der Waals surface area contributed by atoms with E-state index in [9.17, 15) is 5.11 Å². The molecule has 0 spiro atoms. The van der Waals surface area contributed by atoms with Crippen molar-refractivity contribution in [3.05, 3.63) is 30.3 Å². The van der Waals surface area contributed by atoms with Crippen molar-refractivity contribution < 1.29 is 9.84 Å². The minimum absolute atomic E-state index is 0.0377. The van der Waals surface area contributed by atoms with Crippen LogP contribution in [0, 0.1) is 10.8 Å². The molecule has 0 aliphatic carbocycles. The molecule has 0 bridgehead atoms. The van der Waals surface area contributed by atoms with E-state index in [2.05, 4.69) is 41.5 Å². The molecule has 1 rings (SSSR count). The molecular formula is C18H30O2. The lowest BCUT2D eigenvalue weighted by molar-refractivity contribution is -0.231. The zero-order valence-electron chi connectivity index (χ0n) is 13.9. The molecule has 1 atom stereocenters. The van der Waals surface area contributed by atoms with Crippen LogP contribution in [0.1, 0.15) is 60.8 Å². The van der Waals surface area contributed by atoms with Crippen molar-refractivity contribution in [1.29, 1.82) is 0 Å². The Kier molecular flexibility index (Phi) is 5.26. The van der Waals surface area contributed by atoms with Crippen LogP contribution >= 0.6 is 0 Å². The first-order valence-corrected chi connectivity index (χ1v) is 7.62. The standard InChI is InChI=1S/C18H30O2/c1-7-16(3,4)14-18(19,17(5,6)8-2)20-15-12-10-9-11-13-15/h9-13,19H,7-8,14H2,1-6H3. The van der Waals surface area contributed by atoms with Gasteiger partial charge in [-0.1, -0.05) is 66.2 Å². The van der Waals surface area contributed by atoms with Gasteiger partial charge in [-0.05, 0) is 24.0 Å². The summed E-state index contributed by atoms with van der Waals surface area (Å²) in [5.74, 6) is -0.439. The molecule has 1 aromatic rings. The number of aliphatic hydroxyl groups is 1. The van der Waals surface area contributed by atoms with Gasteiger partial charge in [-0.25, -0.2) is 0 Å². The molecular weight excluding hydrogens is 248 g/mol. The number of hydrogen-bond donors (Lipinski definition) is 1. The first kappa shape index (κ1) is 17.0. The van der Waals surface area contributed by atoms with Crippen molar-refractivity contribution in [3.8, 4) is 5.75 Å². The second kappa shape index (κ2) is 6.17. The Bertz CT molecular complexity index is 409. The van der Waals surface area contributed by atoms with Crippen LogP contribution in [0.25, 0.3) is 0 Å². The van der Waals surface area contributed by atoms with E-state index < -0.39 is 5.79 Å². The van der Waals surface area contributed by atoms with Gasteiger partial charge in [0, 0.05) is 11.8 Å². The number of ether oxygens (including phenoxy) is 1. The molecule has 20 heavy (non-hydrogen) atoms. The monoisotopic (exact) mass is 278 g/mol. The molecule has 0 amide bonds. The second-order valence-corrected chi connectivity index (χ2v) is 7.13. The Morgan fingerprint density at radius 1 is 0.950 bits per heavy atom. The molecule has 2 heteroatoms. The van der Waals surface area contributed by atoms with E-state index in [1.165, 1.54) is 0 Å². The highest BCUT2D eigenvalue weighted by Crippen LogP contribution is 2.44. The van der Waals surface area contributed by atoms with Crippen molar-refractivity contribution >= 4 is 0 Å². The third-order valence-electron chi connectivity index (χ3n) is 4.65. The van der Waals surface area contributed by atoms with Crippen LogP contribution in [0.3, 0.4) is 0 Å². The van der Waals surface area contributed by atoms with Gasteiger partial charge < -0.3 is 9.84 Å². The molecule has 2 nitrogen and oxygen atoms in total. The molecule has 0 saturated heterocycles. The second-order valence-electron chi connectivity index (χ2n) is 7.13. The van der Waals surface area contributed by atoms with E-state index in [1.54, 1.807) is 0 Å². The Balaban J connectivity index is 3.08. The van der Waals surface area contributed by atoms with Gasteiger partial charge in [0.2, 0.25) is 5.79 Å². The Labute approximate surface area is 124 Å². The fraction of sp³-hybridized carbons (Fsp3) is 0.667. The van der Waals surface area contributed by atoms with Crippen molar-refractivity contribution in [2.24, 2.45) is 10.8 Å². The van der Waals surface area contributed by atoms with Crippen molar-refractivity contribution in [2.45, 2.75) is 66.6 Å². The summed E-state index contributed by atoms with van der Waals surface area (Å²) < 4.78 is 6.05. The largest absolute Gasteiger partial charge is 0.462 e. The van der Waals surface area contributed by atoms with E-state index in [0.717, 1.165) is 18.6 Å². The van der Waals surface area contributed by atoms with E-state index in [4.69, 9.17) is 4.74 Å². The predicted octanol–water partition coefficient (Wildman–Crippen LogP) is 5.02. The lowest BCUT2D eigenvalue weighted by atomic mass is 9.71. The number of hydrogen-bond acceptors (Lipinski definition) is 2. The smallest absolute Gasteiger partial charge is 0.213 e. The van der Waals surface area contributed by atoms with E-state index in [0.29, 0.717) is 6.42 Å². The number of para-hydroxylation sites is 1. The number of rotatable bonds is 7. The fourth-order valence-corrected chi connectivity index (χ4v) is 2.15. The van der Waals surface area contributed by atoms with Gasteiger partial charge in [-0.3, -0.25) is 0 Å². The van der Waals surface area contributed by atoms with E-state index >= 15 is 0 Å². The van der Waals surface area contributed by atoms with Crippen molar-refractivity contribution in [3.63, 3.8) is 0 Å². The molecule has 0 aliphatic heterocycles. The zero-order chi connectivity index (χ0) is 15.4. The topological polar surface area (TPSA) is 29.5 Å². The SMILES string of the molecule is CCC(C)(C)CC(O)(Oc1ccccc1)C(C)(C)CC. The summed E-state index contributed by atoms with van der Waals surface area (Å²) in [5, 5.41) is 11.2. The van der Waals surface area contributed by atoms with Crippen molar-refractivity contribution in [1.82, 2.24) is 0 Å². The third kappa shape index (κ3) is 3.99. The fourth-order valence-electron chi connectivity index (χ4n) is 2.15. The van der Waals surface area contributed by atoms with Gasteiger partial charge >= 0.3 is 0 Å². The molecule has 0 aliphatic rings. The van der Waals surface area contributed by atoms with Gasteiger partial charge in [-0.2, -0.15) is 0 Å². The molecule has 1 N–H and O–H groups in total. The summed E-state index contributed by atoms with van der Waals surface area (Å²) in [4.78, 5) is 0. The van der Waals surface area contributed by atoms with Gasteiger partial charge in [0.1, 0.15) is 5.75 Å². The minimum atomic E-state index is -1.16. The molecule has 0 radical (unpaired) electrons. The number of benzene rings is 1. The van der Waals surface area contributed by atoms with E-state index in [-0.39, 0.29) is 10.8 Å². The quantitative estimate of drug-likeness (QED) is 0.710. The average molecular weight is 278 g/mol. The summed E-state index contributed by atoms with van der Waals surface area (Å²) >= 11 is 0. The van der Waals surface area contributed by atoms with Crippen LogP contribution in [0.2, 0.25) is 0 Å². The van der Waals surface area contributed by atoms with Gasteiger partial charge in [0.05, 0.1) is 0 Å². The highest BCUT2D eigenvalue weighted by Gasteiger charge is 2.47. The summed E-state index contributed by atoms with van der Waals surface area (Å²) in [5.41, 5.74) is -0.273. The van der Waals surface area contributed by atoms with Crippen LogP contribution in [0.15, 0.2) is 30.3 Å². The van der Waals surface area contributed by atoms with Crippen LogP contribution in [-0.4, -0.2) is 10.9 Å².